The van der Waals surface area contributed by atoms with E-state index in [0.717, 1.165) is 12.8 Å². The number of hydrogen-bond donors (Lipinski definition) is 2. The van der Waals surface area contributed by atoms with Crippen molar-refractivity contribution >= 4 is 0 Å². The van der Waals surface area contributed by atoms with Crippen molar-refractivity contribution < 1.29 is 10.3 Å². The summed E-state index contributed by atoms with van der Waals surface area (Å²) in [7, 11) is 0. The molecule has 0 saturated carbocycles. The number of imidazole rings is 1. The van der Waals surface area contributed by atoms with Gasteiger partial charge in [0.15, 0.2) is 0 Å². The molecule has 0 aliphatic carbocycles. The molecule has 0 bridgehead atoms. The molecule has 0 aliphatic rings. The van der Waals surface area contributed by atoms with E-state index < -0.39 is 5.09 Å². The predicted octanol–water partition coefficient (Wildman–Crippen LogP) is 2.20. The Morgan fingerprint density at radius 3 is 2.07 bits per heavy atom. The van der Waals surface area contributed by atoms with Crippen LogP contribution in [-0.2, 0) is 0 Å². The Morgan fingerprint density at radius 2 is 1.93 bits per heavy atom. The first kappa shape index (κ1) is 15.4. The highest BCUT2D eigenvalue weighted by Gasteiger charge is 1.66. The largest absolute Gasteiger partial charge is 0.351 e. The van der Waals surface area contributed by atoms with E-state index in [1.54, 1.807) is 18.7 Å². The number of aromatic nitrogens is 2. The maximum Gasteiger partial charge on any atom is 0.291 e. The summed E-state index contributed by atoms with van der Waals surface area (Å²) in [6, 6.07) is 0. The van der Waals surface area contributed by atoms with Crippen LogP contribution < -0.4 is 0 Å². The van der Waals surface area contributed by atoms with Gasteiger partial charge in [-0.15, -0.1) is 23.3 Å². The molecule has 1 aromatic heterocycles. The average Bonchev–Trinajstić information content (AvgIpc) is 2.71. The van der Waals surface area contributed by atoms with Crippen LogP contribution in [0, 0.1) is 10.1 Å². The fourth-order valence-electron chi connectivity index (χ4n) is 0.451. The first-order valence-corrected chi connectivity index (χ1v) is 4.13. The van der Waals surface area contributed by atoms with E-state index in [1.165, 1.54) is 0 Å². The fraction of sp³-hybridized carbons (Fsp3) is 0.222. The Labute approximate surface area is 88.1 Å². The highest BCUT2D eigenvalue weighted by Crippen LogP contribution is 1.86. The standard InChI is InChI=1S/C6H10.C3H4N2.HNO3/c1-3-5-6-4-2;1-2-5-3-4-1;2-1(3)4/h3-4H,1-2,5-6H2;1-3H,(H,4,5);(H,2,3,4). The molecule has 0 radical (unpaired) electrons. The Balaban J connectivity index is 0. The number of unbranched alkanes of at least 4 members (excludes halogenated alkanes) is 1. The predicted molar refractivity (Wildman–Crippen MR) is 57.0 cm³/mol. The number of H-pyrrole nitrogens is 1. The quantitative estimate of drug-likeness (QED) is 0.348. The number of allylic oxidation sites excluding steroid dienone is 2. The molecular weight excluding hydrogens is 198 g/mol. The second kappa shape index (κ2) is 14.4. The fourth-order valence-corrected chi connectivity index (χ4v) is 0.451. The molecule has 0 saturated heterocycles. The van der Waals surface area contributed by atoms with Crippen molar-refractivity contribution in [3.8, 4) is 0 Å². The van der Waals surface area contributed by atoms with Crippen LogP contribution in [0.4, 0.5) is 0 Å². The minimum absolute atomic E-state index is 1.06. The lowest BCUT2D eigenvalue weighted by molar-refractivity contribution is -0.742. The van der Waals surface area contributed by atoms with Gasteiger partial charge in [-0.1, -0.05) is 12.2 Å². The molecule has 6 heteroatoms. The van der Waals surface area contributed by atoms with E-state index in [9.17, 15) is 0 Å². The normalized spacial score (nSPS) is 7.20. The maximum absolute atomic E-state index is 8.36. The third-order valence-corrected chi connectivity index (χ3v) is 0.981. The lowest BCUT2D eigenvalue weighted by Crippen LogP contribution is -1.81. The van der Waals surface area contributed by atoms with Gasteiger partial charge in [0.25, 0.3) is 5.09 Å². The second-order valence-electron chi connectivity index (χ2n) is 2.15. The van der Waals surface area contributed by atoms with E-state index in [2.05, 4.69) is 23.1 Å². The highest BCUT2D eigenvalue weighted by atomic mass is 16.9. The Morgan fingerprint density at radius 1 is 1.47 bits per heavy atom. The Kier molecular flexibility index (Phi) is 14.8. The number of nitrogens with zero attached hydrogens (tertiary/aromatic N) is 2. The van der Waals surface area contributed by atoms with E-state index in [1.807, 2.05) is 12.2 Å². The molecule has 0 aliphatic heterocycles. The van der Waals surface area contributed by atoms with Crippen LogP contribution in [0.5, 0.6) is 0 Å². The van der Waals surface area contributed by atoms with E-state index in [4.69, 9.17) is 15.3 Å². The summed E-state index contributed by atoms with van der Waals surface area (Å²) >= 11 is 0. The molecule has 15 heavy (non-hydrogen) atoms. The van der Waals surface area contributed by atoms with Gasteiger partial charge in [-0.25, -0.2) is 4.98 Å². The van der Waals surface area contributed by atoms with Gasteiger partial charge in [0.1, 0.15) is 0 Å². The molecular formula is C9H15N3O3. The molecule has 6 nitrogen and oxygen atoms in total. The molecule has 0 atom stereocenters. The van der Waals surface area contributed by atoms with E-state index in [-0.39, 0.29) is 0 Å². The van der Waals surface area contributed by atoms with Gasteiger partial charge >= 0.3 is 0 Å². The molecule has 84 valence electrons. The van der Waals surface area contributed by atoms with E-state index in [0.29, 0.717) is 0 Å². The number of aromatic amines is 1. The zero-order valence-electron chi connectivity index (χ0n) is 8.37. The minimum atomic E-state index is -1.50. The molecule has 1 aromatic rings. The summed E-state index contributed by atoms with van der Waals surface area (Å²) in [6.45, 7) is 7.10. The Hall–Kier alpha value is -2.11. The van der Waals surface area contributed by atoms with Crippen molar-refractivity contribution in [3.63, 3.8) is 0 Å². The molecule has 0 aromatic carbocycles. The van der Waals surface area contributed by atoms with Crippen LogP contribution >= 0.6 is 0 Å². The molecule has 0 amide bonds. The minimum Gasteiger partial charge on any atom is -0.351 e. The Bertz CT molecular complexity index is 218. The van der Waals surface area contributed by atoms with E-state index >= 15 is 0 Å². The topological polar surface area (TPSA) is 92.0 Å². The third kappa shape index (κ3) is 33.5. The van der Waals surface area contributed by atoms with Gasteiger partial charge in [0.2, 0.25) is 0 Å². The van der Waals surface area contributed by atoms with Gasteiger partial charge < -0.3 is 10.2 Å². The SMILES string of the molecule is C=CCCC=C.O=[N+]([O-])O.c1c[nH]cn1. The van der Waals surface area contributed by atoms with Crippen LogP contribution in [0.3, 0.4) is 0 Å². The smallest absolute Gasteiger partial charge is 0.291 e. The molecule has 2 N–H and O–H groups in total. The van der Waals surface area contributed by atoms with Crippen molar-refractivity contribution in [1.29, 1.82) is 0 Å². The average molecular weight is 213 g/mol. The highest BCUT2D eigenvalue weighted by molar-refractivity contribution is 4.74. The summed E-state index contributed by atoms with van der Waals surface area (Å²) in [5.41, 5.74) is 0. The monoisotopic (exact) mass is 213 g/mol. The molecule has 0 spiro atoms. The number of hydrogen-bond acceptors (Lipinski definition) is 3. The van der Waals surface area contributed by atoms with Gasteiger partial charge in [0, 0.05) is 12.4 Å². The van der Waals surface area contributed by atoms with Gasteiger partial charge in [-0.05, 0) is 12.8 Å². The molecule has 0 unspecified atom stereocenters. The van der Waals surface area contributed by atoms with Crippen LogP contribution in [-0.4, -0.2) is 20.3 Å². The molecule has 1 heterocycles. The summed E-state index contributed by atoms with van der Waals surface area (Å²) < 4.78 is 0. The molecule has 1 rings (SSSR count). The zero-order chi connectivity index (χ0) is 11.9. The van der Waals surface area contributed by atoms with Crippen molar-refractivity contribution in [2.75, 3.05) is 0 Å². The first-order valence-electron chi connectivity index (χ1n) is 4.13. The van der Waals surface area contributed by atoms with Crippen molar-refractivity contribution in [2.24, 2.45) is 0 Å². The maximum atomic E-state index is 8.36. The van der Waals surface area contributed by atoms with Gasteiger partial charge in [0.05, 0.1) is 6.33 Å². The summed E-state index contributed by atoms with van der Waals surface area (Å²) in [5.74, 6) is 0. The number of nitrogens with one attached hydrogen (secondary N) is 1. The van der Waals surface area contributed by atoms with Crippen LogP contribution in [0.2, 0.25) is 0 Å². The van der Waals surface area contributed by atoms with Crippen molar-refractivity contribution in [2.45, 2.75) is 12.8 Å². The zero-order valence-corrected chi connectivity index (χ0v) is 8.37. The van der Waals surface area contributed by atoms with Gasteiger partial charge in [-0.3, -0.25) is 0 Å². The van der Waals surface area contributed by atoms with Crippen LogP contribution in [0.1, 0.15) is 12.8 Å². The lowest BCUT2D eigenvalue weighted by atomic mass is 10.3. The van der Waals surface area contributed by atoms with Crippen LogP contribution in [0.15, 0.2) is 44.0 Å². The molecule has 0 fully saturated rings. The van der Waals surface area contributed by atoms with Gasteiger partial charge in [-0.2, -0.15) is 0 Å². The van der Waals surface area contributed by atoms with Crippen LogP contribution in [0.25, 0.3) is 0 Å². The summed E-state index contributed by atoms with van der Waals surface area (Å²) in [5, 5.41) is 13.6. The first-order chi connectivity index (χ1) is 7.15. The van der Waals surface area contributed by atoms with Crippen molar-refractivity contribution in [1.82, 2.24) is 9.97 Å². The third-order valence-electron chi connectivity index (χ3n) is 0.981. The second-order valence-corrected chi connectivity index (χ2v) is 2.15. The van der Waals surface area contributed by atoms with Crippen molar-refractivity contribution in [3.05, 3.63) is 54.1 Å². The number of rotatable bonds is 3. The lowest BCUT2D eigenvalue weighted by Gasteiger charge is -1.76. The summed E-state index contributed by atoms with van der Waals surface area (Å²) in [6.07, 6.45) is 11.0. The summed E-state index contributed by atoms with van der Waals surface area (Å²) in [4.78, 5) is 14.8.